The second-order valence-corrected chi connectivity index (χ2v) is 6.58. The monoisotopic (exact) mass is 296 g/mol. The number of hydrogen-bond acceptors (Lipinski definition) is 3. The van der Waals surface area contributed by atoms with Gasteiger partial charge in [0.15, 0.2) is 0 Å². The summed E-state index contributed by atoms with van der Waals surface area (Å²) in [5.41, 5.74) is 8.96. The predicted octanol–water partition coefficient (Wildman–Crippen LogP) is 3.96. The zero-order valence-corrected chi connectivity index (χ0v) is 13.9. The van der Waals surface area contributed by atoms with E-state index in [1.165, 1.54) is 5.56 Å². The summed E-state index contributed by atoms with van der Waals surface area (Å²) in [4.78, 5) is 0.453. The van der Waals surface area contributed by atoms with E-state index in [0.717, 1.165) is 30.6 Å². The Morgan fingerprint density at radius 1 is 1.37 bits per heavy atom. The molecule has 0 bridgehead atoms. The normalized spacial score (nSPS) is 11.4. The van der Waals surface area contributed by atoms with Gasteiger partial charge in [0.2, 0.25) is 0 Å². The molecule has 0 heterocycles. The van der Waals surface area contributed by atoms with Crippen LogP contribution in [0.5, 0.6) is 0 Å². The highest BCUT2D eigenvalue weighted by Gasteiger charge is 2.24. The summed E-state index contributed by atoms with van der Waals surface area (Å²) >= 11 is 7.06. The number of hydrogen-bond donors (Lipinski definition) is 2. The van der Waals surface area contributed by atoms with Gasteiger partial charge in [0.05, 0.1) is 0 Å². The Labute approximate surface area is 126 Å². The predicted molar refractivity (Wildman–Crippen MR) is 92.4 cm³/mol. The van der Waals surface area contributed by atoms with E-state index in [1.54, 1.807) is 0 Å². The van der Waals surface area contributed by atoms with Crippen LogP contribution in [0.4, 0.5) is 5.69 Å². The minimum Gasteiger partial charge on any atom is -0.389 e. The number of thioether (sulfide) groups is 1. The van der Waals surface area contributed by atoms with Gasteiger partial charge in [-0.3, -0.25) is 0 Å². The van der Waals surface area contributed by atoms with E-state index in [9.17, 15) is 0 Å². The average Bonchev–Trinajstić information content (AvgIpc) is 2.42. The van der Waals surface area contributed by atoms with Crippen LogP contribution in [0.2, 0.25) is 0 Å². The molecule has 0 unspecified atom stereocenters. The lowest BCUT2D eigenvalue weighted by molar-refractivity contribution is 0.575. The molecule has 106 valence electrons. The van der Waals surface area contributed by atoms with Crippen LogP contribution in [0, 0.1) is 6.92 Å². The molecular formula is C15H24N2S2. The van der Waals surface area contributed by atoms with Crippen molar-refractivity contribution in [1.82, 2.24) is 0 Å². The molecule has 1 aromatic rings. The van der Waals surface area contributed by atoms with Crippen molar-refractivity contribution in [3.63, 3.8) is 0 Å². The number of thiocarbonyl (C=S) groups is 1. The van der Waals surface area contributed by atoms with Crippen LogP contribution in [-0.2, 0) is 0 Å². The topological polar surface area (TPSA) is 38.0 Å². The summed E-state index contributed by atoms with van der Waals surface area (Å²) in [5, 5.41) is 3.53. The lowest BCUT2D eigenvalue weighted by atomic mass is 10.0. The van der Waals surface area contributed by atoms with Crippen LogP contribution in [0.25, 0.3) is 0 Å². The molecule has 0 fully saturated rings. The minimum atomic E-state index is 0.276. The molecule has 0 aliphatic heterocycles. The van der Waals surface area contributed by atoms with E-state index in [4.69, 9.17) is 18.0 Å². The highest BCUT2D eigenvalue weighted by molar-refractivity contribution is 8.00. The lowest BCUT2D eigenvalue weighted by Gasteiger charge is -2.30. The van der Waals surface area contributed by atoms with Gasteiger partial charge in [-0.1, -0.05) is 37.7 Å². The number of rotatable bonds is 7. The van der Waals surface area contributed by atoms with E-state index in [0.29, 0.717) is 4.99 Å². The van der Waals surface area contributed by atoms with Gasteiger partial charge >= 0.3 is 0 Å². The van der Waals surface area contributed by atoms with Crippen molar-refractivity contribution in [3.8, 4) is 0 Å². The molecule has 3 N–H and O–H groups in total. The molecule has 0 aliphatic rings. The summed E-state index contributed by atoms with van der Waals surface area (Å²) in [6.45, 7) is 7.46. The zero-order valence-electron chi connectivity index (χ0n) is 12.2. The standard InChI is InChI=1S/C15H24N2S2/c1-5-15(6-2,19-4)10-17-13-8-7-11(3)9-12(13)14(16)18/h7-9,17H,5-6,10H2,1-4H3,(H2,16,18). The van der Waals surface area contributed by atoms with Crippen molar-refractivity contribution in [2.45, 2.75) is 38.4 Å². The number of nitrogens with one attached hydrogen (secondary N) is 1. The molecule has 0 radical (unpaired) electrons. The summed E-state index contributed by atoms with van der Waals surface area (Å²) in [6.07, 6.45) is 4.47. The van der Waals surface area contributed by atoms with E-state index >= 15 is 0 Å². The van der Waals surface area contributed by atoms with Crippen LogP contribution in [0.15, 0.2) is 18.2 Å². The van der Waals surface area contributed by atoms with Gasteiger partial charge in [-0.2, -0.15) is 11.8 Å². The van der Waals surface area contributed by atoms with Crippen molar-refractivity contribution < 1.29 is 0 Å². The highest BCUT2D eigenvalue weighted by atomic mass is 32.2. The zero-order chi connectivity index (χ0) is 14.5. The Hall–Kier alpha value is -0.740. The maximum atomic E-state index is 5.81. The molecule has 0 saturated carbocycles. The first-order valence-corrected chi connectivity index (χ1v) is 8.30. The number of benzene rings is 1. The second kappa shape index (κ2) is 7.15. The van der Waals surface area contributed by atoms with Gasteiger partial charge < -0.3 is 11.1 Å². The first-order chi connectivity index (χ1) is 8.98. The molecule has 0 aliphatic carbocycles. The van der Waals surface area contributed by atoms with E-state index in [1.807, 2.05) is 17.8 Å². The van der Waals surface area contributed by atoms with Gasteiger partial charge in [-0.25, -0.2) is 0 Å². The van der Waals surface area contributed by atoms with Crippen LogP contribution in [0.1, 0.15) is 37.8 Å². The van der Waals surface area contributed by atoms with Gasteiger partial charge in [-0.15, -0.1) is 0 Å². The Kier molecular flexibility index (Phi) is 6.14. The van der Waals surface area contributed by atoms with Gasteiger partial charge in [0.25, 0.3) is 0 Å². The molecule has 0 atom stereocenters. The smallest absolute Gasteiger partial charge is 0.106 e. The number of anilines is 1. The molecule has 0 aromatic heterocycles. The van der Waals surface area contributed by atoms with E-state index in [2.05, 4.69) is 44.5 Å². The Morgan fingerprint density at radius 3 is 2.47 bits per heavy atom. The first kappa shape index (κ1) is 16.3. The van der Waals surface area contributed by atoms with Crippen LogP contribution >= 0.6 is 24.0 Å². The Bertz CT molecular complexity index is 432. The molecule has 0 amide bonds. The fourth-order valence-corrected chi connectivity index (χ4v) is 3.10. The molecular weight excluding hydrogens is 272 g/mol. The van der Waals surface area contributed by atoms with Crippen molar-refractivity contribution in [2.75, 3.05) is 18.1 Å². The number of nitrogens with two attached hydrogens (primary N) is 1. The maximum Gasteiger partial charge on any atom is 0.106 e. The van der Waals surface area contributed by atoms with Crippen LogP contribution in [0.3, 0.4) is 0 Å². The van der Waals surface area contributed by atoms with E-state index < -0.39 is 0 Å². The fourth-order valence-electron chi connectivity index (χ4n) is 2.13. The Morgan fingerprint density at radius 2 is 2.00 bits per heavy atom. The minimum absolute atomic E-state index is 0.276. The van der Waals surface area contributed by atoms with Gasteiger partial charge in [0, 0.05) is 22.5 Å². The maximum absolute atomic E-state index is 5.81. The summed E-state index contributed by atoms with van der Waals surface area (Å²) in [5.74, 6) is 0. The fraction of sp³-hybridized carbons (Fsp3) is 0.533. The summed E-state index contributed by atoms with van der Waals surface area (Å²) < 4.78 is 0.276. The summed E-state index contributed by atoms with van der Waals surface area (Å²) in [7, 11) is 0. The van der Waals surface area contributed by atoms with Crippen LogP contribution < -0.4 is 11.1 Å². The lowest BCUT2D eigenvalue weighted by Crippen LogP contribution is -2.32. The van der Waals surface area contributed by atoms with Crippen molar-refractivity contribution >= 4 is 34.7 Å². The van der Waals surface area contributed by atoms with Gasteiger partial charge in [0.1, 0.15) is 4.99 Å². The largest absolute Gasteiger partial charge is 0.389 e. The molecule has 1 aromatic carbocycles. The average molecular weight is 297 g/mol. The van der Waals surface area contributed by atoms with Crippen molar-refractivity contribution in [2.24, 2.45) is 5.73 Å². The highest BCUT2D eigenvalue weighted by Crippen LogP contribution is 2.31. The van der Waals surface area contributed by atoms with Gasteiger partial charge in [-0.05, 0) is 38.2 Å². The third-order valence-corrected chi connectivity index (χ3v) is 5.57. The van der Waals surface area contributed by atoms with Crippen molar-refractivity contribution in [1.29, 1.82) is 0 Å². The third kappa shape index (κ3) is 4.11. The molecule has 0 saturated heterocycles. The summed E-state index contributed by atoms with van der Waals surface area (Å²) in [6, 6.07) is 6.20. The molecule has 4 heteroatoms. The van der Waals surface area contributed by atoms with Crippen molar-refractivity contribution in [3.05, 3.63) is 29.3 Å². The number of aryl methyl sites for hydroxylation is 1. The molecule has 0 spiro atoms. The Balaban J connectivity index is 2.91. The molecule has 1 rings (SSSR count). The second-order valence-electron chi connectivity index (χ2n) is 4.86. The first-order valence-electron chi connectivity index (χ1n) is 6.67. The molecule has 19 heavy (non-hydrogen) atoms. The third-order valence-electron chi connectivity index (χ3n) is 3.76. The SMILES string of the molecule is CCC(CC)(CNc1ccc(C)cc1C(N)=S)SC. The molecule has 2 nitrogen and oxygen atoms in total. The van der Waals surface area contributed by atoms with Crippen LogP contribution in [-0.4, -0.2) is 22.5 Å². The quantitative estimate of drug-likeness (QED) is 0.747. The van der Waals surface area contributed by atoms with E-state index in [-0.39, 0.29) is 4.75 Å².